The van der Waals surface area contributed by atoms with E-state index in [0.717, 1.165) is 30.5 Å². The molecule has 144 valence electrons. The van der Waals surface area contributed by atoms with Gasteiger partial charge in [-0.15, -0.1) is 0 Å². The zero-order valence-electron chi connectivity index (χ0n) is 14.8. The highest BCUT2D eigenvalue weighted by molar-refractivity contribution is 5.79. The van der Waals surface area contributed by atoms with Gasteiger partial charge in [0.1, 0.15) is 0 Å². The Morgan fingerprint density at radius 3 is 2.70 bits per heavy atom. The number of amides is 1. The summed E-state index contributed by atoms with van der Waals surface area (Å²) in [5.74, 6) is -0.228. The first-order valence-electron chi connectivity index (χ1n) is 8.86. The number of ether oxygens (including phenoxy) is 1. The van der Waals surface area contributed by atoms with Crippen molar-refractivity contribution in [3.8, 4) is 0 Å². The molecule has 0 N–H and O–H groups in total. The second-order valence-electron chi connectivity index (χ2n) is 6.65. The van der Waals surface area contributed by atoms with E-state index in [-0.39, 0.29) is 18.4 Å². The van der Waals surface area contributed by atoms with Crippen LogP contribution in [0, 0.1) is 0 Å². The lowest BCUT2D eigenvalue weighted by Crippen LogP contribution is -2.37. The summed E-state index contributed by atoms with van der Waals surface area (Å²) in [6.45, 7) is 1.45. The van der Waals surface area contributed by atoms with Gasteiger partial charge >= 0.3 is 6.18 Å². The van der Waals surface area contributed by atoms with Crippen LogP contribution in [0.15, 0.2) is 48.8 Å². The molecule has 1 aromatic carbocycles. The number of benzene rings is 1. The molecule has 1 atom stereocenters. The minimum Gasteiger partial charge on any atom is -0.376 e. The minimum atomic E-state index is -4.42. The van der Waals surface area contributed by atoms with Gasteiger partial charge in [-0.05, 0) is 36.1 Å². The molecule has 27 heavy (non-hydrogen) atoms. The van der Waals surface area contributed by atoms with Crippen LogP contribution in [0.2, 0.25) is 0 Å². The summed E-state index contributed by atoms with van der Waals surface area (Å²) >= 11 is 0. The summed E-state index contributed by atoms with van der Waals surface area (Å²) in [6.07, 6.45) is 0.613. The van der Waals surface area contributed by atoms with E-state index in [2.05, 4.69) is 4.98 Å². The second kappa shape index (κ2) is 8.52. The monoisotopic (exact) mass is 378 g/mol. The van der Waals surface area contributed by atoms with Crippen molar-refractivity contribution in [2.24, 2.45) is 0 Å². The third-order valence-corrected chi connectivity index (χ3v) is 4.51. The third kappa shape index (κ3) is 5.53. The van der Waals surface area contributed by atoms with Gasteiger partial charge in [0.15, 0.2) is 0 Å². The van der Waals surface area contributed by atoms with Gasteiger partial charge in [0.05, 0.1) is 18.1 Å². The van der Waals surface area contributed by atoms with Gasteiger partial charge < -0.3 is 9.64 Å². The quantitative estimate of drug-likeness (QED) is 0.767. The molecule has 7 heteroatoms. The first-order chi connectivity index (χ1) is 12.9. The van der Waals surface area contributed by atoms with E-state index < -0.39 is 11.7 Å². The molecule has 4 nitrogen and oxygen atoms in total. The van der Waals surface area contributed by atoms with Gasteiger partial charge in [-0.25, -0.2) is 0 Å². The largest absolute Gasteiger partial charge is 0.416 e. The first-order valence-corrected chi connectivity index (χ1v) is 8.86. The number of rotatable bonds is 6. The molecule has 0 spiro atoms. The molecular weight excluding hydrogens is 357 g/mol. The highest BCUT2D eigenvalue weighted by atomic mass is 19.4. The number of carbonyl (C=O) groups is 1. The molecular formula is C20H21F3N2O2. The number of hydrogen-bond donors (Lipinski definition) is 0. The van der Waals surface area contributed by atoms with E-state index in [0.29, 0.717) is 25.3 Å². The molecule has 3 rings (SSSR count). The fourth-order valence-electron chi connectivity index (χ4n) is 3.14. The SMILES string of the molecule is O=C(Cc1cccc(C(F)(F)F)c1)N(Cc1cccnc1)CC1CCCO1. The molecule has 1 saturated heterocycles. The standard InChI is InChI=1S/C20H21F3N2O2/c21-20(22,23)17-6-1-4-15(10-17)11-19(26)25(14-18-7-3-9-27-18)13-16-5-2-8-24-12-16/h1-2,4-6,8,10,12,18H,3,7,9,11,13-14H2. The van der Waals surface area contributed by atoms with Crippen molar-refractivity contribution in [1.82, 2.24) is 9.88 Å². The zero-order chi connectivity index (χ0) is 19.3. The first kappa shape index (κ1) is 19.4. The second-order valence-corrected chi connectivity index (χ2v) is 6.65. The summed E-state index contributed by atoms with van der Waals surface area (Å²) in [5.41, 5.74) is 0.469. The Hall–Kier alpha value is -2.41. The summed E-state index contributed by atoms with van der Waals surface area (Å²) in [7, 11) is 0. The molecule has 2 aromatic rings. The van der Waals surface area contributed by atoms with Gasteiger partial charge in [-0.2, -0.15) is 13.2 Å². The fourth-order valence-corrected chi connectivity index (χ4v) is 3.14. The molecule has 1 aliphatic rings. The summed E-state index contributed by atoms with van der Waals surface area (Å²) < 4.78 is 44.3. The van der Waals surface area contributed by atoms with Crippen molar-refractivity contribution in [2.45, 2.75) is 38.1 Å². The van der Waals surface area contributed by atoms with Gasteiger partial charge in [0, 0.05) is 32.1 Å². The van der Waals surface area contributed by atoms with Gasteiger partial charge in [-0.1, -0.05) is 24.3 Å². The van der Waals surface area contributed by atoms with Crippen molar-refractivity contribution in [3.05, 3.63) is 65.5 Å². The Morgan fingerprint density at radius 2 is 2.04 bits per heavy atom. The molecule has 1 aliphatic heterocycles. The Labute approximate surface area is 156 Å². The molecule has 1 fully saturated rings. The van der Waals surface area contributed by atoms with Gasteiger partial charge in [0.2, 0.25) is 5.91 Å². The number of aromatic nitrogens is 1. The molecule has 2 heterocycles. The van der Waals surface area contributed by atoms with Crippen LogP contribution in [-0.4, -0.2) is 35.0 Å². The van der Waals surface area contributed by atoms with Crippen LogP contribution < -0.4 is 0 Å². The lowest BCUT2D eigenvalue weighted by Gasteiger charge is -2.26. The van der Waals surface area contributed by atoms with Crippen molar-refractivity contribution in [2.75, 3.05) is 13.2 Å². The molecule has 0 radical (unpaired) electrons. The minimum absolute atomic E-state index is 0.0351. The zero-order valence-corrected chi connectivity index (χ0v) is 14.8. The van der Waals surface area contributed by atoms with E-state index in [1.807, 2.05) is 6.07 Å². The summed E-state index contributed by atoms with van der Waals surface area (Å²) in [4.78, 5) is 18.5. The van der Waals surface area contributed by atoms with E-state index in [1.165, 1.54) is 6.07 Å². The van der Waals surface area contributed by atoms with Crippen LogP contribution in [0.3, 0.4) is 0 Å². The van der Waals surface area contributed by atoms with Gasteiger partial charge in [-0.3, -0.25) is 9.78 Å². The Bertz CT molecular complexity index is 759. The number of carbonyl (C=O) groups excluding carboxylic acids is 1. The lowest BCUT2D eigenvalue weighted by molar-refractivity contribution is -0.138. The Balaban J connectivity index is 1.73. The van der Waals surface area contributed by atoms with Crippen LogP contribution in [-0.2, 0) is 28.7 Å². The highest BCUT2D eigenvalue weighted by Crippen LogP contribution is 2.29. The van der Waals surface area contributed by atoms with Crippen LogP contribution in [0.4, 0.5) is 13.2 Å². The molecule has 1 unspecified atom stereocenters. The lowest BCUT2D eigenvalue weighted by atomic mass is 10.1. The fraction of sp³-hybridized carbons (Fsp3) is 0.400. The van der Waals surface area contributed by atoms with Crippen molar-refractivity contribution in [1.29, 1.82) is 0 Å². The maximum absolute atomic E-state index is 12.9. The molecule has 0 saturated carbocycles. The topological polar surface area (TPSA) is 42.4 Å². The molecule has 1 amide bonds. The number of alkyl halides is 3. The van der Waals surface area contributed by atoms with Crippen LogP contribution in [0.5, 0.6) is 0 Å². The van der Waals surface area contributed by atoms with E-state index in [4.69, 9.17) is 4.74 Å². The molecule has 1 aromatic heterocycles. The van der Waals surface area contributed by atoms with Crippen LogP contribution >= 0.6 is 0 Å². The Kier molecular flexibility index (Phi) is 6.11. The van der Waals surface area contributed by atoms with E-state index in [9.17, 15) is 18.0 Å². The molecule has 0 aliphatic carbocycles. The average Bonchev–Trinajstić information content (AvgIpc) is 3.15. The maximum Gasteiger partial charge on any atom is 0.416 e. The molecule has 0 bridgehead atoms. The van der Waals surface area contributed by atoms with Crippen LogP contribution in [0.25, 0.3) is 0 Å². The third-order valence-electron chi connectivity index (χ3n) is 4.51. The number of hydrogen-bond acceptors (Lipinski definition) is 3. The van der Waals surface area contributed by atoms with Gasteiger partial charge in [0.25, 0.3) is 0 Å². The number of halogens is 3. The van der Waals surface area contributed by atoms with E-state index >= 15 is 0 Å². The van der Waals surface area contributed by atoms with Crippen molar-refractivity contribution in [3.63, 3.8) is 0 Å². The van der Waals surface area contributed by atoms with Crippen molar-refractivity contribution < 1.29 is 22.7 Å². The normalized spacial score (nSPS) is 17.1. The predicted octanol–water partition coefficient (Wildman–Crippen LogP) is 3.85. The number of pyridine rings is 1. The Morgan fingerprint density at radius 1 is 1.22 bits per heavy atom. The maximum atomic E-state index is 12.9. The summed E-state index contributed by atoms with van der Waals surface area (Å²) in [5, 5.41) is 0. The predicted molar refractivity (Wildman–Crippen MR) is 93.8 cm³/mol. The van der Waals surface area contributed by atoms with E-state index in [1.54, 1.807) is 29.4 Å². The van der Waals surface area contributed by atoms with Crippen molar-refractivity contribution >= 4 is 5.91 Å². The number of nitrogens with zero attached hydrogens (tertiary/aromatic N) is 2. The smallest absolute Gasteiger partial charge is 0.376 e. The highest BCUT2D eigenvalue weighted by Gasteiger charge is 2.30. The van der Waals surface area contributed by atoms with Crippen LogP contribution in [0.1, 0.15) is 29.5 Å². The average molecular weight is 378 g/mol. The summed E-state index contributed by atoms with van der Waals surface area (Å²) in [6, 6.07) is 8.57.